The monoisotopic (exact) mass is 403 g/mol. The average Bonchev–Trinajstić information content (AvgIpc) is 2.59. The molecule has 0 aromatic heterocycles. The molecule has 0 radical (unpaired) electrons. The van der Waals surface area contributed by atoms with Gasteiger partial charge in [0.2, 0.25) is 0 Å². The summed E-state index contributed by atoms with van der Waals surface area (Å²) in [6, 6.07) is 6.75. The molecule has 2 aromatic rings. The lowest BCUT2D eigenvalue weighted by molar-refractivity contribution is -0.137. The summed E-state index contributed by atoms with van der Waals surface area (Å²) < 4.78 is 71.2. The smallest absolute Gasteiger partial charge is 0.416 e. The molecule has 0 atom stereocenters. The Labute approximate surface area is 153 Å². The first-order chi connectivity index (χ1) is 12.5. The van der Waals surface area contributed by atoms with Gasteiger partial charge in [-0.05, 0) is 48.9 Å². The Balaban J connectivity index is 2.41. The highest BCUT2D eigenvalue weighted by Gasteiger charge is 2.32. The number of benzene rings is 2. The summed E-state index contributed by atoms with van der Waals surface area (Å²) in [6.07, 6.45) is -4.09. The van der Waals surface area contributed by atoms with Crippen LogP contribution in [0.3, 0.4) is 0 Å². The summed E-state index contributed by atoms with van der Waals surface area (Å²) in [6.45, 7) is 1.98. The number of hydrogen-bond acceptors (Lipinski definition) is 4. The van der Waals surface area contributed by atoms with Crippen LogP contribution in [0.4, 0.5) is 18.9 Å². The second kappa shape index (κ2) is 7.87. The summed E-state index contributed by atoms with van der Waals surface area (Å²) in [5, 5.41) is 8.85. The molecule has 0 saturated heterocycles. The van der Waals surface area contributed by atoms with Crippen LogP contribution in [-0.4, -0.2) is 26.1 Å². The zero-order valence-electron chi connectivity index (χ0n) is 14.1. The average molecular weight is 403 g/mol. The number of hydrogen-bond donors (Lipinski definition) is 2. The third-order valence-electron chi connectivity index (χ3n) is 3.42. The molecule has 0 unspecified atom stereocenters. The molecule has 27 heavy (non-hydrogen) atoms. The number of anilines is 1. The molecular formula is C17H16F3NO5S. The second-order valence-corrected chi connectivity index (χ2v) is 7.17. The number of carbonyl (C=O) groups is 1. The van der Waals surface area contributed by atoms with E-state index in [1.54, 1.807) is 6.92 Å². The van der Waals surface area contributed by atoms with Crippen LogP contribution >= 0.6 is 0 Å². The zero-order valence-corrected chi connectivity index (χ0v) is 14.9. The molecule has 2 rings (SSSR count). The maximum Gasteiger partial charge on any atom is 0.416 e. The van der Waals surface area contributed by atoms with Crippen LogP contribution in [0, 0.1) is 0 Å². The van der Waals surface area contributed by atoms with Gasteiger partial charge in [0.15, 0.2) is 0 Å². The van der Waals surface area contributed by atoms with Crippen molar-refractivity contribution >= 4 is 21.7 Å². The SMILES string of the molecule is CCCOc1ccc(C(F)(F)F)cc1NS(=O)(=O)c1ccc(C(=O)O)cc1. The fourth-order valence-corrected chi connectivity index (χ4v) is 3.17. The quantitative estimate of drug-likeness (QED) is 0.729. The Bertz CT molecular complexity index is 925. The van der Waals surface area contributed by atoms with Gasteiger partial charge in [0, 0.05) is 0 Å². The first-order valence-corrected chi connectivity index (χ1v) is 9.23. The first kappa shape index (κ1) is 20.6. The van der Waals surface area contributed by atoms with E-state index in [1.807, 2.05) is 0 Å². The number of carboxylic acid groups (broad SMARTS) is 1. The van der Waals surface area contributed by atoms with Gasteiger partial charge in [-0.3, -0.25) is 4.72 Å². The fourth-order valence-electron chi connectivity index (χ4n) is 2.10. The topological polar surface area (TPSA) is 92.7 Å². The molecule has 0 aliphatic rings. The van der Waals surface area contributed by atoms with E-state index in [4.69, 9.17) is 9.84 Å². The molecule has 0 aliphatic carbocycles. The first-order valence-electron chi connectivity index (χ1n) is 7.75. The Hall–Kier alpha value is -2.75. The van der Waals surface area contributed by atoms with Crippen LogP contribution in [-0.2, 0) is 16.2 Å². The van der Waals surface area contributed by atoms with Crippen LogP contribution in [0.25, 0.3) is 0 Å². The zero-order chi connectivity index (χ0) is 20.2. The maximum atomic E-state index is 13.0. The molecule has 2 aromatic carbocycles. The van der Waals surface area contributed by atoms with E-state index in [9.17, 15) is 26.4 Å². The molecule has 0 heterocycles. The maximum absolute atomic E-state index is 13.0. The normalized spacial score (nSPS) is 11.9. The minimum Gasteiger partial charge on any atom is -0.491 e. The van der Waals surface area contributed by atoms with Crippen LogP contribution in [0.1, 0.15) is 29.3 Å². The number of aromatic carboxylic acids is 1. The van der Waals surface area contributed by atoms with Crippen molar-refractivity contribution in [1.29, 1.82) is 0 Å². The van der Waals surface area contributed by atoms with E-state index < -0.39 is 27.7 Å². The number of nitrogens with one attached hydrogen (secondary N) is 1. The fraction of sp³-hybridized carbons (Fsp3) is 0.235. The van der Waals surface area contributed by atoms with Crippen molar-refractivity contribution in [2.75, 3.05) is 11.3 Å². The highest BCUT2D eigenvalue weighted by molar-refractivity contribution is 7.92. The van der Waals surface area contributed by atoms with E-state index in [0.717, 1.165) is 36.4 Å². The predicted molar refractivity (Wildman–Crippen MR) is 91.4 cm³/mol. The van der Waals surface area contributed by atoms with Crippen molar-refractivity contribution in [2.45, 2.75) is 24.4 Å². The summed E-state index contributed by atoms with van der Waals surface area (Å²) in [4.78, 5) is 10.5. The van der Waals surface area contributed by atoms with Crippen LogP contribution < -0.4 is 9.46 Å². The Kier molecular flexibility index (Phi) is 5.99. The lowest BCUT2D eigenvalue weighted by atomic mass is 10.2. The minimum atomic E-state index is -4.66. The van der Waals surface area contributed by atoms with Crippen molar-refractivity contribution in [2.24, 2.45) is 0 Å². The Morgan fingerprint density at radius 2 is 1.78 bits per heavy atom. The van der Waals surface area contributed by atoms with Gasteiger partial charge in [0.05, 0.1) is 28.3 Å². The van der Waals surface area contributed by atoms with Crippen LogP contribution in [0.2, 0.25) is 0 Å². The number of carboxylic acids is 1. The summed E-state index contributed by atoms with van der Waals surface area (Å²) >= 11 is 0. The Morgan fingerprint density at radius 3 is 2.30 bits per heavy atom. The summed E-state index contributed by atoms with van der Waals surface area (Å²) in [5.41, 5.74) is -1.52. The van der Waals surface area contributed by atoms with Crippen molar-refractivity contribution in [3.05, 3.63) is 53.6 Å². The molecule has 10 heteroatoms. The highest BCUT2D eigenvalue weighted by atomic mass is 32.2. The number of ether oxygens (including phenoxy) is 1. The molecule has 0 bridgehead atoms. The highest BCUT2D eigenvalue weighted by Crippen LogP contribution is 2.36. The standard InChI is InChI=1S/C17H16F3NO5S/c1-2-9-26-15-8-5-12(17(18,19)20)10-14(15)21-27(24,25)13-6-3-11(4-7-13)16(22)23/h3-8,10,21H,2,9H2,1H3,(H,22,23). The van der Waals surface area contributed by atoms with Gasteiger partial charge in [-0.2, -0.15) is 13.2 Å². The van der Waals surface area contributed by atoms with Gasteiger partial charge in [0.25, 0.3) is 10.0 Å². The lowest BCUT2D eigenvalue weighted by Crippen LogP contribution is -2.15. The minimum absolute atomic E-state index is 0.0458. The van der Waals surface area contributed by atoms with E-state index in [-0.39, 0.29) is 28.5 Å². The third kappa shape index (κ3) is 5.13. The van der Waals surface area contributed by atoms with Crippen molar-refractivity contribution < 1.29 is 36.2 Å². The molecule has 146 valence electrons. The summed E-state index contributed by atoms with van der Waals surface area (Å²) in [7, 11) is -4.26. The molecular weight excluding hydrogens is 387 g/mol. The molecule has 2 N–H and O–H groups in total. The number of alkyl halides is 3. The Morgan fingerprint density at radius 1 is 1.15 bits per heavy atom. The molecule has 0 spiro atoms. The molecule has 0 saturated carbocycles. The molecule has 6 nitrogen and oxygen atoms in total. The van der Waals surface area contributed by atoms with E-state index in [1.165, 1.54) is 0 Å². The van der Waals surface area contributed by atoms with Gasteiger partial charge in [0.1, 0.15) is 5.75 Å². The summed E-state index contributed by atoms with van der Waals surface area (Å²) in [5.74, 6) is -1.28. The van der Waals surface area contributed by atoms with E-state index in [0.29, 0.717) is 12.5 Å². The van der Waals surface area contributed by atoms with Crippen LogP contribution in [0.15, 0.2) is 47.4 Å². The largest absolute Gasteiger partial charge is 0.491 e. The predicted octanol–water partition coefficient (Wildman–Crippen LogP) is 3.99. The number of halogens is 3. The molecule has 0 aliphatic heterocycles. The lowest BCUT2D eigenvalue weighted by Gasteiger charge is -2.16. The number of sulfonamides is 1. The molecule has 0 amide bonds. The number of rotatable bonds is 7. The van der Waals surface area contributed by atoms with Gasteiger partial charge < -0.3 is 9.84 Å². The van der Waals surface area contributed by atoms with Crippen molar-refractivity contribution in [1.82, 2.24) is 0 Å². The van der Waals surface area contributed by atoms with Gasteiger partial charge in [-0.15, -0.1) is 0 Å². The van der Waals surface area contributed by atoms with E-state index in [2.05, 4.69) is 4.72 Å². The van der Waals surface area contributed by atoms with Gasteiger partial charge >= 0.3 is 12.1 Å². The van der Waals surface area contributed by atoms with Crippen LogP contribution in [0.5, 0.6) is 5.75 Å². The van der Waals surface area contributed by atoms with Crippen molar-refractivity contribution in [3.63, 3.8) is 0 Å². The molecule has 0 fully saturated rings. The second-order valence-electron chi connectivity index (χ2n) is 5.49. The van der Waals surface area contributed by atoms with Gasteiger partial charge in [-0.1, -0.05) is 6.92 Å². The van der Waals surface area contributed by atoms with Gasteiger partial charge in [-0.25, -0.2) is 13.2 Å². The van der Waals surface area contributed by atoms with E-state index >= 15 is 0 Å². The van der Waals surface area contributed by atoms with Crippen molar-refractivity contribution in [3.8, 4) is 5.75 Å². The third-order valence-corrected chi connectivity index (χ3v) is 4.81.